The number of carbonyl (C=O) groups excluding carboxylic acids is 1. The molecule has 33 heavy (non-hydrogen) atoms. The highest BCUT2D eigenvalue weighted by atomic mass is 32.2. The minimum Gasteiger partial charge on any atom is -0.344 e. The van der Waals surface area contributed by atoms with Crippen LogP contribution in [0.2, 0.25) is 0 Å². The molecule has 0 aliphatic heterocycles. The monoisotopic (exact) mass is 474 g/mol. The highest BCUT2D eigenvalue weighted by Crippen LogP contribution is 2.34. The van der Waals surface area contributed by atoms with Crippen molar-refractivity contribution in [1.82, 2.24) is 9.97 Å². The van der Waals surface area contributed by atoms with Crippen molar-refractivity contribution in [2.45, 2.75) is 11.1 Å². The smallest absolute Gasteiger partial charge is 0.344 e. The van der Waals surface area contributed by atoms with Gasteiger partial charge in [-0.25, -0.2) is 18.2 Å². The maximum absolute atomic E-state index is 12.7. The van der Waals surface area contributed by atoms with E-state index < -0.39 is 27.6 Å². The summed E-state index contributed by atoms with van der Waals surface area (Å²) in [6.07, 6.45) is -0.229. The van der Waals surface area contributed by atoms with E-state index in [1.807, 2.05) is 0 Å². The van der Waals surface area contributed by atoms with E-state index in [1.165, 1.54) is 12.1 Å². The molecule has 2 heterocycles. The van der Waals surface area contributed by atoms with Gasteiger partial charge in [0.05, 0.1) is 21.5 Å². The molecule has 0 atom stereocenters. The largest absolute Gasteiger partial charge is 0.416 e. The van der Waals surface area contributed by atoms with Crippen LogP contribution >= 0.6 is 0 Å². The first-order valence-corrected chi connectivity index (χ1v) is 11.4. The van der Waals surface area contributed by atoms with Gasteiger partial charge >= 0.3 is 12.2 Å². The summed E-state index contributed by atoms with van der Waals surface area (Å²) in [5.41, 5.74) is 1.67. The standard InChI is InChI=1S/C22H17F3N4O3S/c1-33(31,32)16-8-2-13(3-9-16)17-10-11-26-20-19(17)18(12-27-20)29-21(30)28-15-6-4-14(5-7-15)22(23,24)25/h2-12H,1H3,(H,26,27)(H2,28,29,30). The normalized spacial score (nSPS) is 12.0. The van der Waals surface area contributed by atoms with Crippen LogP contribution in [-0.2, 0) is 16.0 Å². The van der Waals surface area contributed by atoms with E-state index in [2.05, 4.69) is 20.6 Å². The molecule has 2 aromatic carbocycles. The number of anilines is 2. The Balaban J connectivity index is 1.60. The van der Waals surface area contributed by atoms with Gasteiger partial charge in [-0.15, -0.1) is 0 Å². The second-order valence-corrected chi connectivity index (χ2v) is 9.25. The number of nitrogens with one attached hydrogen (secondary N) is 3. The Kier molecular flexibility index (Phi) is 5.58. The third-order valence-electron chi connectivity index (χ3n) is 4.89. The average Bonchev–Trinajstić information content (AvgIpc) is 3.16. The molecule has 0 radical (unpaired) electrons. The number of pyridine rings is 1. The number of fused-ring (bicyclic) bond motifs is 1. The van der Waals surface area contributed by atoms with Crippen molar-refractivity contribution in [1.29, 1.82) is 0 Å². The second-order valence-electron chi connectivity index (χ2n) is 7.24. The number of urea groups is 1. The summed E-state index contributed by atoms with van der Waals surface area (Å²) < 4.78 is 61.5. The lowest BCUT2D eigenvalue weighted by molar-refractivity contribution is -0.137. The van der Waals surface area contributed by atoms with E-state index in [-0.39, 0.29) is 10.6 Å². The van der Waals surface area contributed by atoms with Crippen LogP contribution in [0.4, 0.5) is 29.3 Å². The van der Waals surface area contributed by atoms with Crippen LogP contribution in [0.15, 0.2) is 71.9 Å². The molecule has 7 nitrogen and oxygen atoms in total. The van der Waals surface area contributed by atoms with Gasteiger partial charge in [0.15, 0.2) is 9.84 Å². The minimum atomic E-state index is -4.46. The van der Waals surface area contributed by atoms with Crippen molar-refractivity contribution in [2.75, 3.05) is 16.9 Å². The molecule has 4 aromatic rings. The fraction of sp³-hybridized carbons (Fsp3) is 0.0909. The number of benzene rings is 2. The zero-order valence-corrected chi connectivity index (χ0v) is 17.9. The molecule has 11 heteroatoms. The van der Waals surface area contributed by atoms with Gasteiger partial charge in [-0.1, -0.05) is 12.1 Å². The molecule has 3 N–H and O–H groups in total. The Morgan fingerprint density at radius 2 is 1.64 bits per heavy atom. The van der Waals surface area contributed by atoms with Crippen LogP contribution in [0.1, 0.15) is 5.56 Å². The van der Waals surface area contributed by atoms with Crippen LogP contribution < -0.4 is 10.6 Å². The summed E-state index contributed by atoms with van der Waals surface area (Å²) in [6, 6.07) is 11.5. The Bertz CT molecular complexity index is 1430. The molecule has 0 aliphatic carbocycles. The molecule has 0 bridgehead atoms. The number of alkyl halides is 3. The van der Waals surface area contributed by atoms with Crippen molar-refractivity contribution in [3.63, 3.8) is 0 Å². The maximum atomic E-state index is 12.7. The van der Waals surface area contributed by atoms with Gasteiger partial charge in [-0.3, -0.25) is 0 Å². The zero-order valence-electron chi connectivity index (χ0n) is 17.1. The van der Waals surface area contributed by atoms with Gasteiger partial charge in [0.25, 0.3) is 0 Å². The lowest BCUT2D eigenvalue weighted by Gasteiger charge is -2.11. The molecule has 170 valence electrons. The van der Waals surface area contributed by atoms with E-state index >= 15 is 0 Å². The van der Waals surface area contributed by atoms with Crippen molar-refractivity contribution < 1.29 is 26.4 Å². The number of aromatic nitrogens is 2. The molecular formula is C22H17F3N4O3S. The highest BCUT2D eigenvalue weighted by molar-refractivity contribution is 7.90. The Labute approximate surface area is 186 Å². The van der Waals surface area contributed by atoms with E-state index in [0.717, 1.165) is 30.5 Å². The number of halogens is 3. The number of hydrogen-bond donors (Lipinski definition) is 3. The first-order valence-electron chi connectivity index (χ1n) is 9.54. The zero-order chi connectivity index (χ0) is 23.8. The van der Waals surface area contributed by atoms with Crippen molar-refractivity contribution in [3.05, 3.63) is 72.6 Å². The van der Waals surface area contributed by atoms with Crippen LogP contribution in [0, 0.1) is 0 Å². The first-order chi connectivity index (χ1) is 15.5. The molecule has 0 unspecified atom stereocenters. The number of hydrogen-bond acceptors (Lipinski definition) is 4. The fourth-order valence-corrected chi connectivity index (χ4v) is 3.94. The number of amides is 2. The van der Waals surface area contributed by atoms with Gasteiger partial charge in [-0.05, 0) is 53.6 Å². The predicted octanol–water partition coefficient (Wildman–Crippen LogP) is 5.30. The summed E-state index contributed by atoms with van der Waals surface area (Å²) in [6.45, 7) is 0. The van der Waals surface area contributed by atoms with Crippen LogP contribution in [0.25, 0.3) is 22.2 Å². The molecule has 2 aromatic heterocycles. The van der Waals surface area contributed by atoms with Crippen LogP contribution in [0.5, 0.6) is 0 Å². The molecular weight excluding hydrogens is 457 g/mol. The summed E-state index contributed by atoms with van der Waals surface area (Å²) in [4.78, 5) is 19.8. The number of aromatic amines is 1. The van der Waals surface area contributed by atoms with Gasteiger partial charge in [0.2, 0.25) is 0 Å². The molecule has 0 saturated heterocycles. The van der Waals surface area contributed by atoms with E-state index in [0.29, 0.717) is 27.8 Å². The Hall–Kier alpha value is -3.86. The fourth-order valence-electron chi connectivity index (χ4n) is 3.30. The predicted molar refractivity (Wildman–Crippen MR) is 119 cm³/mol. The van der Waals surface area contributed by atoms with Crippen molar-refractivity contribution in [3.8, 4) is 11.1 Å². The molecule has 0 saturated carbocycles. The molecule has 4 rings (SSSR count). The molecule has 0 fully saturated rings. The number of carbonyl (C=O) groups is 1. The number of sulfone groups is 1. The average molecular weight is 474 g/mol. The van der Waals surface area contributed by atoms with E-state index in [1.54, 1.807) is 30.6 Å². The SMILES string of the molecule is CS(=O)(=O)c1ccc(-c2ccnc3[nH]cc(NC(=O)Nc4ccc(C(F)(F)F)cc4)c23)cc1. The van der Waals surface area contributed by atoms with E-state index in [4.69, 9.17) is 0 Å². The second kappa shape index (κ2) is 8.24. The summed E-state index contributed by atoms with van der Waals surface area (Å²) in [5.74, 6) is 0. The summed E-state index contributed by atoms with van der Waals surface area (Å²) >= 11 is 0. The van der Waals surface area contributed by atoms with Gasteiger partial charge in [0.1, 0.15) is 5.65 Å². The molecule has 0 spiro atoms. The van der Waals surface area contributed by atoms with E-state index in [9.17, 15) is 26.4 Å². The third-order valence-corrected chi connectivity index (χ3v) is 6.01. The number of rotatable bonds is 4. The lowest BCUT2D eigenvalue weighted by Crippen LogP contribution is -2.19. The van der Waals surface area contributed by atoms with Crippen molar-refractivity contribution >= 4 is 38.3 Å². The van der Waals surface area contributed by atoms with Crippen LogP contribution in [-0.4, -0.2) is 30.7 Å². The van der Waals surface area contributed by atoms with Gasteiger partial charge in [-0.2, -0.15) is 13.2 Å². The first kappa shape index (κ1) is 22.3. The van der Waals surface area contributed by atoms with Crippen molar-refractivity contribution in [2.24, 2.45) is 0 Å². The lowest BCUT2D eigenvalue weighted by atomic mass is 10.0. The maximum Gasteiger partial charge on any atom is 0.416 e. The summed E-state index contributed by atoms with van der Waals surface area (Å²) in [5, 5.41) is 5.74. The Morgan fingerprint density at radius 3 is 2.24 bits per heavy atom. The Morgan fingerprint density at radius 1 is 0.970 bits per heavy atom. The molecule has 2 amide bonds. The topological polar surface area (TPSA) is 104 Å². The number of H-pyrrole nitrogens is 1. The molecule has 0 aliphatic rings. The van der Waals surface area contributed by atoms with Gasteiger partial charge in [0, 0.05) is 24.3 Å². The van der Waals surface area contributed by atoms with Gasteiger partial charge < -0.3 is 15.6 Å². The van der Waals surface area contributed by atoms with Crippen LogP contribution in [0.3, 0.4) is 0 Å². The minimum absolute atomic E-state index is 0.180. The summed E-state index contributed by atoms with van der Waals surface area (Å²) in [7, 11) is -3.34. The third kappa shape index (κ3) is 4.82. The number of nitrogens with zero attached hydrogens (tertiary/aromatic N) is 1. The highest BCUT2D eigenvalue weighted by Gasteiger charge is 2.30. The quantitative estimate of drug-likeness (QED) is 0.374.